The second kappa shape index (κ2) is 8.97. The molecular formula is C25H24F4O2. The molecule has 1 aliphatic rings. The Kier molecular flexibility index (Phi) is 6.30. The van der Waals surface area contributed by atoms with Gasteiger partial charge in [0.1, 0.15) is 5.82 Å². The average molecular weight is 432 g/mol. The van der Waals surface area contributed by atoms with Crippen LogP contribution in [0.1, 0.15) is 41.9 Å². The van der Waals surface area contributed by atoms with Crippen LogP contribution in [0.2, 0.25) is 0 Å². The molecule has 0 unspecified atom stereocenters. The van der Waals surface area contributed by atoms with Gasteiger partial charge in [0.05, 0.1) is 18.8 Å². The lowest BCUT2D eigenvalue weighted by atomic mass is 9.98. The molecule has 1 heterocycles. The summed E-state index contributed by atoms with van der Waals surface area (Å²) in [6, 6.07) is 14.1. The first-order chi connectivity index (χ1) is 14.8. The molecule has 0 atom stereocenters. The van der Waals surface area contributed by atoms with Gasteiger partial charge < -0.3 is 9.47 Å². The monoisotopic (exact) mass is 432 g/mol. The summed E-state index contributed by atoms with van der Waals surface area (Å²) in [6.07, 6.45) is -2.92. The SMILES string of the molecule is CCC1COC(c2ccc3c(F)c(CCc4ccc(C(F)(F)F)cc4)ccc3c2)OC1. The van der Waals surface area contributed by atoms with E-state index in [9.17, 15) is 13.2 Å². The fraction of sp³-hybridized carbons (Fsp3) is 0.360. The highest BCUT2D eigenvalue weighted by atomic mass is 19.4. The zero-order valence-electron chi connectivity index (χ0n) is 17.2. The van der Waals surface area contributed by atoms with E-state index in [1.54, 1.807) is 12.1 Å². The second-order valence-electron chi connectivity index (χ2n) is 7.99. The smallest absolute Gasteiger partial charge is 0.348 e. The second-order valence-corrected chi connectivity index (χ2v) is 7.99. The Bertz CT molecular complexity index is 1040. The maximum atomic E-state index is 15.1. The maximum Gasteiger partial charge on any atom is 0.416 e. The van der Waals surface area contributed by atoms with Crippen molar-refractivity contribution < 1.29 is 27.0 Å². The molecule has 1 aliphatic heterocycles. The molecule has 3 aromatic carbocycles. The minimum atomic E-state index is -4.35. The van der Waals surface area contributed by atoms with Gasteiger partial charge in [0.2, 0.25) is 0 Å². The van der Waals surface area contributed by atoms with Crippen LogP contribution in [0, 0.1) is 11.7 Å². The highest BCUT2D eigenvalue weighted by Crippen LogP contribution is 2.31. The Hall–Kier alpha value is -2.44. The molecule has 6 heteroatoms. The number of halogens is 4. The Labute approximate surface area is 178 Å². The topological polar surface area (TPSA) is 18.5 Å². The van der Waals surface area contributed by atoms with E-state index in [1.807, 2.05) is 18.2 Å². The molecule has 0 aliphatic carbocycles. The van der Waals surface area contributed by atoms with Crippen LogP contribution >= 0.6 is 0 Å². The minimum absolute atomic E-state index is 0.299. The van der Waals surface area contributed by atoms with Crippen LogP contribution < -0.4 is 0 Å². The van der Waals surface area contributed by atoms with E-state index in [4.69, 9.17) is 9.47 Å². The third-order valence-corrected chi connectivity index (χ3v) is 5.84. The summed E-state index contributed by atoms with van der Waals surface area (Å²) in [5.74, 6) is 0.105. The van der Waals surface area contributed by atoms with Gasteiger partial charge in [0.15, 0.2) is 6.29 Å². The standard InChI is InChI=1S/C25H24F4O2/c1-2-16-14-30-24(31-15-16)20-9-12-22-19(13-20)8-7-18(23(22)26)6-3-17-4-10-21(11-5-17)25(27,28)29/h4-5,7-13,16,24H,2-3,6,14-15H2,1H3. The average Bonchev–Trinajstić information content (AvgIpc) is 2.78. The zero-order valence-corrected chi connectivity index (χ0v) is 17.2. The molecule has 31 heavy (non-hydrogen) atoms. The molecule has 0 amide bonds. The molecule has 1 saturated heterocycles. The van der Waals surface area contributed by atoms with Gasteiger partial charge in [0, 0.05) is 16.9 Å². The summed E-state index contributed by atoms with van der Waals surface area (Å²) in [7, 11) is 0. The van der Waals surface area contributed by atoms with Crippen molar-refractivity contribution in [3.63, 3.8) is 0 Å². The van der Waals surface area contributed by atoms with Gasteiger partial charge >= 0.3 is 6.18 Å². The Morgan fingerprint density at radius 3 is 2.26 bits per heavy atom. The van der Waals surface area contributed by atoms with Crippen LogP contribution in [0.5, 0.6) is 0 Å². The first kappa shape index (κ1) is 21.8. The highest BCUT2D eigenvalue weighted by molar-refractivity contribution is 5.84. The van der Waals surface area contributed by atoms with E-state index in [0.717, 1.165) is 35.1 Å². The van der Waals surface area contributed by atoms with E-state index in [0.29, 0.717) is 42.9 Å². The number of ether oxygens (including phenoxy) is 2. The van der Waals surface area contributed by atoms with Crippen molar-refractivity contribution in [1.29, 1.82) is 0 Å². The molecule has 4 rings (SSSR count). The first-order valence-corrected chi connectivity index (χ1v) is 10.5. The summed E-state index contributed by atoms with van der Waals surface area (Å²) >= 11 is 0. The van der Waals surface area contributed by atoms with Crippen molar-refractivity contribution in [2.75, 3.05) is 13.2 Å². The number of fused-ring (bicyclic) bond motifs is 1. The summed E-state index contributed by atoms with van der Waals surface area (Å²) in [4.78, 5) is 0. The normalized spacial score (nSPS) is 19.6. The quantitative estimate of drug-likeness (QED) is 0.410. The van der Waals surface area contributed by atoms with Gasteiger partial charge in [0.25, 0.3) is 0 Å². The number of benzene rings is 3. The number of hydrogen-bond donors (Lipinski definition) is 0. The molecule has 0 spiro atoms. The van der Waals surface area contributed by atoms with Crippen LogP contribution in [-0.2, 0) is 28.5 Å². The fourth-order valence-corrected chi connectivity index (χ4v) is 3.81. The molecule has 0 aromatic heterocycles. The number of alkyl halides is 3. The molecule has 3 aromatic rings. The molecule has 164 valence electrons. The van der Waals surface area contributed by atoms with E-state index < -0.39 is 18.0 Å². The lowest BCUT2D eigenvalue weighted by molar-refractivity contribution is -0.205. The fourth-order valence-electron chi connectivity index (χ4n) is 3.81. The summed E-state index contributed by atoms with van der Waals surface area (Å²) < 4.78 is 64.7. The van der Waals surface area contributed by atoms with Gasteiger partial charge in [-0.1, -0.05) is 43.3 Å². The molecule has 0 N–H and O–H groups in total. The van der Waals surface area contributed by atoms with Gasteiger partial charge in [-0.15, -0.1) is 0 Å². The van der Waals surface area contributed by atoms with E-state index >= 15 is 4.39 Å². The van der Waals surface area contributed by atoms with Gasteiger partial charge in [-0.05, 0) is 54.0 Å². The molecule has 0 radical (unpaired) electrons. The minimum Gasteiger partial charge on any atom is -0.348 e. The van der Waals surface area contributed by atoms with E-state index in [1.165, 1.54) is 12.1 Å². The van der Waals surface area contributed by atoms with Gasteiger partial charge in [-0.2, -0.15) is 13.2 Å². The van der Waals surface area contributed by atoms with Crippen LogP contribution in [0.4, 0.5) is 17.6 Å². The number of hydrogen-bond acceptors (Lipinski definition) is 2. The summed E-state index contributed by atoms with van der Waals surface area (Å²) in [5.41, 5.74) is 1.45. The maximum absolute atomic E-state index is 15.1. The van der Waals surface area contributed by atoms with E-state index in [2.05, 4.69) is 6.92 Å². The highest BCUT2D eigenvalue weighted by Gasteiger charge is 2.30. The van der Waals surface area contributed by atoms with Gasteiger partial charge in [-0.3, -0.25) is 0 Å². The van der Waals surface area contributed by atoms with Crippen molar-refractivity contribution in [2.45, 2.75) is 38.7 Å². The number of rotatable bonds is 5. The molecule has 1 fully saturated rings. The third kappa shape index (κ3) is 4.91. The van der Waals surface area contributed by atoms with Gasteiger partial charge in [-0.25, -0.2) is 4.39 Å². The van der Waals surface area contributed by atoms with Crippen LogP contribution in [-0.4, -0.2) is 13.2 Å². The number of aryl methyl sites for hydroxylation is 2. The molecule has 0 bridgehead atoms. The van der Waals surface area contributed by atoms with Crippen LogP contribution in [0.15, 0.2) is 54.6 Å². The lowest BCUT2D eigenvalue weighted by Crippen LogP contribution is -2.26. The van der Waals surface area contributed by atoms with Crippen molar-refractivity contribution in [2.24, 2.45) is 5.92 Å². The predicted molar refractivity (Wildman–Crippen MR) is 111 cm³/mol. The van der Waals surface area contributed by atoms with Crippen LogP contribution in [0.25, 0.3) is 10.8 Å². The molecular weight excluding hydrogens is 408 g/mol. The van der Waals surface area contributed by atoms with E-state index in [-0.39, 0.29) is 5.82 Å². The lowest BCUT2D eigenvalue weighted by Gasteiger charge is -2.29. The predicted octanol–water partition coefficient (Wildman–Crippen LogP) is 6.85. The Morgan fingerprint density at radius 2 is 1.61 bits per heavy atom. The largest absolute Gasteiger partial charge is 0.416 e. The Morgan fingerprint density at radius 1 is 0.903 bits per heavy atom. The third-order valence-electron chi connectivity index (χ3n) is 5.84. The first-order valence-electron chi connectivity index (χ1n) is 10.5. The Balaban J connectivity index is 1.47. The van der Waals surface area contributed by atoms with Crippen LogP contribution in [0.3, 0.4) is 0 Å². The molecule has 2 nitrogen and oxygen atoms in total. The summed E-state index contributed by atoms with van der Waals surface area (Å²) in [6.45, 7) is 3.40. The van der Waals surface area contributed by atoms with Crippen molar-refractivity contribution >= 4 is 10.8 Å². The van der Waals surface area contributed by atoms with Crippen molar-refractivity contribution in [3.05, 3.63) is 82.7 Å². The zero-order chi connectivity index (χ0) is 22.0. The van der Waals surface area contributed by atoms with Crippen molar-refractivity contribution in [3.8, 4) is 0 Å². The summed E-state index contributed by atoms with van der Waals surface area (Å²) in [5, 5.41) is 1.27. The molecule has 0 saturated carbocycles. The van der Waals surface area contributed by atoms with Crippen molar-refractivity contribution in [1.82, 2.24) is 0 Å².